The minimum absolute atomic E-state index is 0.0925. The Morgan fingerprint density at radius 3 is 2.52 bits per heavy atom. The molecule has 1 aliphatic rings. The van der Waals surface area contributed by atoms with E-state index in [0.29, 0.717) is 0 Å². The van der Waals surface area contributed by atoms with Crippen LogP contribution >= 0.6 is 0 Å². The Labute approximate surface area is 131 Å². The van der Waals surface area contributed by atoms with Crippen molar-refractivity contribution in [3.05, 3.63) is 59.4 Å². The lowest BCUT2D eigenvalue weighted by Crippen LogP contribution is -2.26. The van der Waals surface area contributed by atoms with Gasteiger partial charge in [0.1, 0.15) is 5.92 Å². The van der Waals surface area contributed by atoms with Crippen LogP contribution in [0.1, 0.15) is 38.0 Å². The number of carbonyl (C=O) groups is 4. The lowest BCUT2D eigenvalue weighted by atomic mass is 9.94. The number of nitrogens with zero attached hydrogens (tertiary/aromatic N) is 1. The molecular formula is C17H12N2O4. The van der Waals surface area contributed by atoms with Crippen molar-refractivity contribution in [2.75, 3.05) is 5.32 Å². The molecule has 0 aliphatic heterocycles. The van der Waals surface area contributed by atoms with Gasteiger partial charge in [-0.25, -0.2) is 0 Å². The van der Waals surface area contributed by atoms with Crippen LogP contribution in [-0.4, -0.2) is 28.2 Å². The number of fused-ring (bicyclic) bond motifs is 1. The summed E-state index contributed by atoms with van der Waals surface area (Å²) >= 11 is 0. The average Bonchev–Trinajstić information content (AvgIpc) is 2.79. The van der Waals surface area contributed by atoms with Gasteiger partial charge in [-0.05, 0) is 18.2 Å². The highest BCUT2D eigenvalue weighted by molar-refractivity contribution is 6.39. The summed E-state index contributed by atoms with van der Waals surface area (Å²) in [6.07, 6.45) is 2.82. The molecule has 0 saturated heterocycles. The van der Waals surface area contributed by atoms with Crippen LogP contribution in [0.15, 0.2) is 42.7 Å². The summed E-state index contributed by atoms with van der Waals surface area (Å²) in [6, 6.07) is 7.65. The zero-order valence-electron chi connectivity index (χ0n) is 12.2. The largest absolute Gasteiger partial charge is 0.326 e. The van der Waals surface area contributed by atoms with Gasteiger partial charge in [0.15, 0.2) is 17.3 Å². The van der Waals surface area contributed by atoms with Gasteiger partial charge in [0, 0.05) is 30.4 Å². The molecule has 0 saturated carbocycles. The van der Waals surface area contributed by atoms with Gasteiger partial charge < -0.3 is 5.32 Å². The number of rotatable bonds is 3. The molecule has 1 N–H and O–H groups in total. The van der Waals surface area contributed by atoms with Crippen molar-refractivity contribution in [1.29, 1.82) is 0 Å². The number of aromatic nitrogens is 1. The SMILES string of the molecule is CC(=O)Nc1cccc2c1C(=O)[C@H](C(=O)c1cccnc1)C2=O. The average molecular weight is 308 g/mol. The molecule has 1 amide bonds. The highest BCUT2D eigenvalue weighted by Crippen LogP contribution is 2.34. The fraction of sp³-hybridized carbons (Fsp3) is 0.118. The quantitative estimate of drug-likeness (QED) is 0.690. The van der Waals surface area contributed by atoms with E-state index in [1.807, 2.05) is 0 Å². The Balaban J connectivity index is 2.04. The Morgan fingerprint density at radius 1 is 1.09 bits per heavy atom. The van der Waals surface area contributed by atoms with E-state index in [1.165, 1.54) is 37.5 Å². The molecule has 1 heterocycles. The molecule has 1 aromatic carbocycles. The van der Waals surface area contributed by atoms with E-state index in [0.717, 1.165) is 0 Å². The molecule has 3 rings (SSSR count). The van der Waals surface area contributed by atoms with Crippen LogP contribution in [0.4, 0.5) is 5.69 Å². The minimum atomic E-state index is -1.41. The van der Waals surface area contributed by atoms with Crippen LogP contribution in [0.3, 0.4) is 0 Å². The lowest BCUT2D eigenvalue weighted by molar-refractivity contribution is -0.114. The molecule has 1 atom stereocenters. The second-order valence-corrected chi connectivity index (χ2v) is 5.18. The normalized spacial score (nSPS) is 16.1. The fourth-order valence-electron chi connectivity index (χ4n) is 2.65. The first-order chi connectivity index (χ1) is 11.0. The van der Waals surface area contributed by atoms with Gasteiger partial charge in [-0.1, -0.05) is 12.1 Å². The maximum absolute atomic E-state index is 12.6. The molecule has 6 nitrogen and oxygen atoms in total. The van der Waals surface area contributed by atoms with E-state index in [9.17, 15) is 19.2 Å². The van der Waals surface area contributed by atoms with E-state index in [2.05, 4.69) is 10.3 Å². The van der Waals surface area contributed by atoms with Gasteiger partial charge in [-0.15, -0.1) is 0 Å². The highest BCUT2D eigenvalue weighted by Gasteiger charge is 2.44. The summed E-state index contributed by atoms with van der Waals surface area (Å²) in [7, 11) is 0. The van der Waals surface area contributed by atoms with Crippen molar-refractivity contribution in [2.24, 2.45) is 5.92 Å². The highest BCUT2D eigenvalue weighted by atomic mass is 16.2. The van der Waals surface area contributed by atoms with Crippen LogP contribution in [-0.2, 0) is 4.79 Å². The third-order valence-corrected chi connectivity index (χ3v) is 3.62. The molecule has 0 radical (unpaired) electrons. The smallest absolute Gasteiger partial charge is 0.221 e. The van der Waals surface area contributed by atoms with Crippen molar-refractivity contribution in [1.82, 2.24) is 4.98 Å². The summed E-state index contributed by atoms with van der Waals surface area (Å²) in [4.78, 5) is 52.7. The standard InChI is InChI=1S/C17H12N2O4/c1-9(20)19-12-6-2-5-11-13(12)17(23)14(16(11)22)15(21)10-4-3-7-18-8-10/h2-8,14H,1H3,(H,19,20)/t14-/m1/s1. The number of benzene rings is 1. The summed E-state index contributed by atoms with van der Waals surface area (Å²) in [5.41, 5.74) is 0.696. The first-order valence-corrected chi connectivity index (χ1v) is 6.94. The first-order valence-electron chi connectivity index (χ1n) is 6.94. The number of ketones is 3. The number of amides is 1. The second-order valence-electron chi connectivity index (χ2n) is 5.18. The minimum Gasteiger partial charge on any atom is -0.326 e. The van der Waals surface area contributed by atoms with Crippen LogP contribution in [0.5, 0.6) is 0 Å². The Morgan fingerprint density at radius 2 is 1.87 bits per heavy atom. The number of hydrogen-bond acceptors (Lipinski definition) is 5. The molecule has 0 fully saturated rings. The Bertz CT molecular complexity index is 843. The zero-order chi connectivity index (χ0) is 16.6. The van der Waals surface area contributed by atoms with E-state index in [-0.39, 0.29) is 28.3 Å². The lowest BCUT2D eigenvalue weighted by Gasteiger charge is -2.07. The number of hydrogen-bond donors (Lipinski definition) is 1. The van der Waals surface area contributed by atoms with Gasteiger partial charge in [0.05, 0.1) is 11.3 Å². The maximum atomic E-state index is 12.6. The molecular weight excluding hydrogens is 296 g/mol. The molecule has 0 unspecified atom stereocenters. The van der Waals surface area contributed by atoms with Crippen molar-refractivity contribution < 1.29 is 19.2 Å². The Hall–Kier alpha value is -3.15. The van der Waals surface area contributed by atoms with E-state index in [4.69, 9.17) is 0 Å². The molecule has 6 heteroatoms. The predicted octanol–water partition coefficient (Wildman–Crippen LogP) is 1.92. The number of carbonyl (C=O) groups excluding carboxylic acids is 4. The summed E-state index contributed by atoms with van der Waals surface area (Å²) in [6.45, 7) is 1.30. The van der Waals surface area contributed by atoms with Gasteiger partial charge >= 0.3 is 0 Å². The number of nitrogens with one attached hydrogen (secondary N) is 1. The van der Waals surface area contributed by atoms with Gasteiger partial charge in [-0.2, -0.15) is 0 Å². The fourth-order valence-corrected chi connectivity index (χ4v) is 2.65. The van der Waals surface area contributed by atoms with Crippen molar-refractivity contribution in [3.63, 3.8) is 0 Å². The third-order valence-electron chi connectivity index (χ3n) is 3.62. The first kappa shape index (κ1) is 14.8. The van der Waals surface area contributed by atoms with Gasteiger partial charge in [0.2, 0.25) is 5.91 Å². The second kappa shape index (κ2) is 5.57. The summed E-state index contributed by atoms with van der Waals surface area (Å²) in [5.74, 6) is -3.50. The molecule has 0 spiro atoms. The van der Waals surface area contributed by atoms with E-state index >= 15 is 0 Å². The summed E-state index contributed by atoms with van der Waals surface area (Å²) in [5, 5.41) is 2.52. The van der Waals surface area contributed by atoms with E-state index in [1.54, 1.807) is 12.1 Å². The number of Topliss-reactive ketones (excluding diaryl/α,β-unsaturated/α-hetero) is 3. The monoisotopic (exact) mass is 308 g/mol. The van der Waals surface area contributed by atoms with Gasteiger partial charge in [0.25, 0.3) is 0 Å². The summed E-state index contributed by atoms with van der Waals surface area (Å²) < 4.78 is 0. The Kier molecular flexibility index (Phi) is 3.57. The van der Waals surface area contributed by atoms with Crippen molar-refractivity contribution in [3.8, 4) is 0 Å². The van der Waals surface area contributed by atoms with E-state index < -0.39 is 23.3 Å². The van der Waals surface area contributed by atoms with Crippen LogP contribution in [0, 0.1) is 5.92 Å². The topological polar surface area (TPSA) is 93.2 Å². The van der Waals surface area contributed by atoms with Crippen molar-refractivity contribution in [2.45, 2.75) is 6.92 Å². The van der Waals surface area contributed by atoms with Crippen LogP contribution in [0.25, 0.3) is 0 Å². The van der Waals surface area contributed by atoms with Crippen LogP contribution in [0.2, 0.25) is 0 Å². The van der Waals surface area contributed by atoms with Crippen LogP contribution < -0.4 is 5.32 Å². The number of pyridine rings is 1. The maximum Gasteiger partial charge on any atom is 0.221 e. The van der Waals surface area contributed by atoms with Crippen molar-refractivity contribution >= 4 is 28.9 Å². The molecule has 23 heavy (non-hydrogen) atoms. The molecule has 2 aromatic rings. The molecule has 1 aromatic heterocycles. The molecule has 1 aliphatic carbocycles. The predicted molar refractivity (Wildman–Crippen MR) is 81.5 cm³/mol. The molecule has 0 bridgehead atoms. The molecule has 114 valence electrons. The van der Waals surface area contributed by atoms with Gasteiger partial charge in [-0.3, -0.25) is 24.2 Å². The zero-order valence-corrected chi connectivity index (χ0v) is 12.2. The number of anilines is 1. The third kappa shape index (κ3) is 2.44.